The molecule has 2 rings (SSSR count). The van der Waals surface area contributed by atoms with E-state index in [1.807, 2.05) is 19.0 Å². The lowest BCUT2D eigenvalue weighted by atomic mass is 10.0. The number of unbranched alkanes of at least 4 members (excludes halogenated alkanes) is 2. The van der Waals surface area contributed by atoms with Gasteiger partial charge < -0.3 is 38.9 Å². The molecule has 0 bridgehead atoms. The topological polar surface area (TPSA) is 262 Å². The number of carbonyl (C=O) groups excluding carboxylic acids is 3. The number of carbonyl (C=O) groups is 3. The Kier molecular flexibility index (Phi) is 17.5. The molecule has 270 valence electrons. The molecular weight excluding hydrogens is 741 g/mol. The zero-order valence-corrected chi connectivity index (χ0v) is 31.1. The number of likely N-dealkylation sites (N-methyl/N-ethyl adjacent to an activating group) is 2. The largest absolute Gasteiger partial charge is 0.382 e. The summed E-state index contributed by atoms with van der Waals surface area (Å²) in [4.78, 5) is 58.4. The van der Waals surface area contributed by atoms with Crippen molar-refractivity contribution < 1.29 is 14.4 Å². The summed E-state index contributed by atoms with van der Waals surface area (Å²) < 4.78 is 0.479. The van der Waals surface area contributed by atoms with Gasteiger partial charge in [0.15, 0.2) is 23.4 Å². The Labute approximate surface area is 302 Å². The molecule has 12 N–H and O–H groups in total. The fraction of sp³-hybridized carbons (Fsp3) is 0.531. The van der Waals surface area contributed by atoms with Crippen LogP contribution in [0, 0.1) is 0 Å². The minimum Gasteiger partial charge on any atom is -0.382 e. The maximum absolute atomic E-state index is 13.3. The summed E-state index contributed by atoms with van der Waals surface area (Å²) >= 11 is 2.07. The third-order valence-electron chi connectivity index (χ3n) is 7.67. The number of amides is 3. The summed E-state index contributed by atoms with van der Waals surface area (Å²) in [5.41, 5.74) is 31.0. The van der Waals surface area contributed by atoms with Crippen molar-refractivity contribution in [2.45, 2.75) is 67.9 Å². The van der Waals surface area contributed by atoms with Crippen LogP contribution >= 0.6 is 22.6 Å². The highest BCUT2D eigenvalue weighted by Crippen LogP contribution is 2.16. The van der Waals surface area contributed by atoms with Gasteiger partial charge in [-0.15, -0.1) is 0 Å². The van der Waals surface area contributed by atoms with Gasteiger partial charge in [0.25, 0.3) is 5.91 Å². The van der Waals surface area contributed by atoms with Gasteiger partial charge in [-0.1, -0.05) is 46.9 Å². The lowest BCUT2D eigenvalue weighted by Gasteiger charge is -2.27. The number of nitrogens with zero attached hydrogens (tertiary/aromatic N) is 6. The lowest BCUT2D eigenvalue weighted by Crippen LogP contribution is -2.52. The Bertz CT molecular complexity index is 1440. The van der Waals surface area contributed by atoms with Crippen molar-refractivity contribution in [3.8, 4) is 0 Å². The van der Waals surface area contributed by atoms with Crippen molar-refractivity contribution in [3.63, 3.8) is 0 Å². The number of hydrogen-bond donors (Lipinski definition) is 7. The molecule has 17 heteroatoms. The molecule has 16 nitrogen and oxygen atoms in total. The molecule has 49 heavy (non-hydrogen) atoms. The van der Waals surface area contributed by atoms with Crippen LogP contribution in [-0.4, -0.2) is 103 Å². The SMILES string of the molecule is CN(C)C(=O)[C@H](CCCCN=C(N)N)NC(=O)[C@H](CCc1ccc(CCCCN=C(N)NC(=O)c2nc(CI)c(N)nc2N)cc1)N(C)C. The van der Waals surface area contributed by atoms with E-state index in [9.17, 15) is 14.4 Å². The molecular formula is C32H52IN13O3. The quantitative estimate of drug-likeness (QED) is 0.0339. The molecule has 0 aliphatic heterocycles. The highest BCUT2D eigenvalue weighted by Gasteiger charge is 2.27. The fourth-order valence-electron chi connectivity index (χ4n) is 4.92. The third-order valence-corrected chi connectivity index (χ3v) is 8.39. The smallest absolute Gasteiger partial charge is 0.280 e. The molecule has 0 fully saturated rings. The molecule has 0 saturated carbocycles. The van der Waals surface area contributed by atoms with Crippen LogP contribution in [0.25, 0.3) is 0 Å². The van der Waals surface area contributed by atoms with E-state index >= 15 is 0 Å². The van der Waals surface area contributed by atoms with Gasteiger partial charge in [0, 0.05) is 31.6 Å². The number of aryl methyl sites for hydroxylation is 2. The second-order valence-electron chi connectivity index (χ2n) is 12.0. The predicted molar refractivity (Wildman–Crippen MR) is 203 cm³/mol. The summed E-state index contributed by atoms with van der Waals surface area (Å²) in [7, 11) is 7.09. The molecule has 1 heterocycles. The van der Waals surface area contributed by atoms with E-state index in [1.54, 1.807) is 14.1 Å². The van der Waals surface area contributed by atoms with Crippen molar-refractivity contribution >= 4 is 63.9 Å². The normalized spacial score (nSPS) is 12.7. The first-order valence-corrected chi connectivity index (χ1v) is 17.7. The van der Waals surface area contributed by atoms with Gasteiger partial charge in [-0.25, -0.2) is 9.97 Å². The van der Waals surface area contributed by atoms with Gasteiger partial charge in [-0.2, -0.15) is 0 Å². The van der Waals surface area contributed by atoms with E-state index in [0.717, 1.165) is 24.8 Å². The van der Waals surface area contributed by atoms with Crippen LogP contribution in [0.2, 0.25) is 0 Å². The minimum absolute atomic E-state index is 0.0209. The molecule has 0 aliphatic carbocycles. The predicted octanol–water partition coefficient (Wildman–Crippen LogP) is 0.523. The van der Waals surface area contributed by atoms with Gasteiger partial charge in [-0.3, -0.25) is 34.6 Å². The zero-order chi connectivity index (χ0) is 36.5. The van der Waals surface area contributed by atoms with Crippen LogP contribution in [0.15, 0.2) is 34.3 Å². The Morgan fingerprint density at radius 3 is 2.04 bits per heavy atom. The number of aliphatic imine (C=N–C) groups is 2. The number of nitrogens with two attached hydrogens (primary N) is 5. The second-order valence-corrected chi connectivity index (χ2v) is 12.8. The van der Waals surface area contributed by atoms with E-state index in [4.69, 9.17) is 28.7 Å². The number of alkyl halides is 1. The Morgan fingerprint density at radius 2 is 1.45 bits per heavy atom. The minimum atomic E-state index is -0.623. The molecule has 0 aliphatic rings. The summed E-state index contributed by atoms with van der Waals surface area (Å²) in [5.74, 6) is -0.787. The van der Waals surface area contributed by atoms with Crippen LogP contribution < -0.4 is 39.3 Å². The Balaban J connectivity index is 1.83. The average molecular weight is 794 g/mol. The number of anilines is 2. The summed E-state index contributed by atoms with van der Waals surface area (Å²) in [5, 5.41) is 5.48. The summed E-state index contributed by atoms with van der Waals surface area (Å²) in [6.45, 7) is 0.918. The molecule has 3 amide bonds. The van der Waals surface area contributed by atoms with Crippen LogP contribution in [-0.2, 0) is 26.9 Å². The first-order valence-electron chi connectivity index (χ1n) is 16.1. The monoisotopic (exact) mass is 793 g/mol. The highest BCUT2D eigenvalue weighted by atomic mass is 127. The number of benzene rings is 1. The number of halogens is 1. The van der Waals surface area contributed by atoms with Gasteiger partial charge in [0.1, 0.15) is 11.9 Å². The summed E-state index contributed by atoms with van der Waals surface area (Å²) in [6.07, 6.45) is 5.70. The maximum Gasteiger partial charge on any atom is 0.280 e. The van der Waals surface area contributed by atoms with Crippen LogP contribution in [0.1, 0.15) is 65.8 Å². The molecule has 0 radical (unpaired) electrons. The van der Waals surface area contributed by atoms with Crippen molar-refractivity contribution in [1.29, 1.82) is 0 Å². The number of guanidine groups is 2. The first-order chi connectivity index (χ1) is 23.2. The van der Waals surface area contributed by atoms with Gasteiger partial charge in [-0.05, 0) is 76.6 Å². The Morgan fingerprint density at radius 1 is 0.837 bits per heavy atom. The van der Waals surface area contributed by atoms with E-state index in [0.29, 0.717) is 55.3 Å². The fourth-order valence-corrected chi connectivity index (χ4v) is 5.48. The van der Waals surface area contributed by atoms with Gasteiger partial charge in [0.2, 0.25) is 11.8 Å². The molecule has 1 aromatic carbocycles. The second kappa shape index (κ2) is 21.0. The molecule has 0 saturated heterocycles. The molecule has 0 unspecified atom stereocenters. The maximum atomic E-state index is 13.3. The summed E-state index contributed by atoms with van der Waals surface area (Å²) in [6, 6.07) is 7.32. The van der Waals surface area contributed by atoms with E-state index in [2.05, 4.69) is 77.4 Å². The average Bonchev–Trinajstić information content (AvgIpc) is 3.03. The van der Waals surface area contributed by atoms with Gasteiger partial charge in [0.05, 0.1) is 11.7 Å². The van der Waals surface area contributed by atoms with E-state index in [1.165, 1.54) is 10.5 Å². The van der Waals surface area contributed by atoms with Crippen molar-refractivity contribution in [3.05, 3.63) is 46.8 Å². The van der Waals surface area contributed by atoms with Crippen LogP contribution in [0.3, 0.4) is 0 Å². The van der Waals surface area contributed by atoms with Crippen molar-refractivity contribution in [2.24, 2.45) is 27.2 Å². The molecule has 0 spiro atoms. The van der Waals surface area contributed by atoms with Crippen LogP contribution in [0.4, 0.5) is 11.6 Å². The number of nitrogens with one attached hydrogen (secondary N) is 2. The zero-order valence-electron chi connectivity index (χ0n) is 28.9. The number of aromatic nitrogens is 2. The number of hydrogen-bond acceptors (Lipinski definition) is 10. The van der Waals surface area contributed by atoms with Gasteiger partial charge >= 0.3 is 0 Å². The first kappa shape index (κ1) is 40.9. The molecule has 1 aromatic heterocycles. The van der Waals surface area contributed by atoms with E-state index in [-0.39, 0.29) is 41.1 Å². The Hall–Kier alpha value is -4.26. The third kappa shape index (κ3) is 14.4. The standard InChI is InChI=1S/C32H52IN13O3/c1-45(2)24(28(47)42-22(30(49)46(3)4)10-6-8-17-39-31(36)37)16-15-21-13-11-20(12-14-21)9-5-7-18-40-32(38)44-29(48)25-27(35)43-26(34)23(19-33)41-25/h11-14,22,24H,5-10,15-19H2,1-4H3,(H,42,47)(H4,34,35,43)(H4,36,37,39)(H3,38,40,44,48)/t22-,24-/m0/s1. The van der Waals surface area contributed by atoms with Crippen molar-refractivity contribution in [1.82, 2.24) is 30.4 Å². The van der Waals surface area contributed by atoms with Crippen molar-refractivity contribution in [2.75, 3.05) is 52.7 Å². The number of rotatable bonds is 19. The molecule has 2 aromatic rings. The number of nitrogen functional groups attached to an aromatic ring is 2. The molecule has 2 atom stereocenters. The highest BCUT2D eigenvalue weighted by molar-refractivity contribution is 14.1. The lowest BCUT2D eigenvalue weighted by molar-refractivity contribution is -0.136. The van der Waals surface area contributed by atoms with E-state index < -0.39 is 18.0 Å². The van der Waals surface area contributed by atoms with Crippen LogP contribution in [0.5, 0.6) is 0 Å².